The van der Waals surface area contributed by atoms with Gasteiger partial charge in [-0.1, -0.05) is 0 Å². The predicted octanol–water partition coefficient (Wildman–Crippen LogP) is 0.0616. The number of carboxylic acid groups (broad SMARTS) is 1. The number of carbonyl (C=O) groups excluding carboxylic acids is 1. The van der Waals surface area contributed by atoms with Gasteiger partial charge in [0.05, 0.1) is 0 Å². The van der Waals surface area contributed by atoms with Crippen LogP contribution in [0.1, 0.15) is 26.2 Å². The molecule has 1 aliphatic heterocycles. The number of carboxylic acids is 1. The fourth-order valence-electron chi connectivity index (χ4n) is 1.64. The first-order valence-corrected chi connectivity index (χ1v) is 5.34. The summed E-state index contributed by atoms with van der Waals surface area (Å²) in [5, 5.41) is 11.0. The lowest BCUT2D eigenvalue weighted by Gasteiger charge is -2.14. The van der Waals surface area contributed by atoms with Crippen molar-refractivity contribution >= 4 is 11.9 Å². The van der Waals surface area contributed by atoms with Gasteiger partial charge in [0.1, 0.15) is 6.04 Å². The van der Waals surface area contributed by atoms with E-state index in [1.165, 1.54) is 19.8 Å². The zero-order valence-corrected chi connectivity index (χ0v) is 9.03. The lowest BCUT2D eigenvalue weighted by Crippen LogP contribution is -2.39. The predicted molar refractivity (Wildman–Crippen MR) is 55.5 cm³/mol. The lowest BCUT2D eigenvalue weighted by atomic mass is 10.3. The maximum atomic E-state index is 11.3. The fraction of sp³-hybridized carbons (Fsp3) is 0.800. The Morgan fingerprint density at radius 2 is 2.00 bits per heavy atom. The first-order valence-electron chi connectivity index (χ1n) is 5.34. The van der Waals surface area contributed by atoms with Crippen molar-refractivity contribution in [2.75, 3.05) is 19.6 Å². The van der Waals surface area contributed by atoms with Gasteiger partial charge in [-0.2, -0.15) is 0 Å². The summed E-state index contributed by atoms with van der Waals surface area (Å²) in [6.07, 6.45) is 2.79. The van der Waals surface area contributed by atoms with E-state index in [-0.39, 0.29) is 5.91 Å². The Balaban J connectivity index is 2.15. The molecule has 0 aromatic carbocycles. The highest BCUT2D eigenvalue weighted by molar-refractivity contribution is 5.83. The Morgan fingerprint density at radius 1 is 1.40 bits per heavy atom. The van der Waals surface area contributed by atoms with Gasteiger partial charge in [0.25, 0.3) is 0 Å². The third-order valence-electron chi connectivity index (χ3n) is 2.60. The Kier molecular flexibility index (Phi) is 4.55. The Bertz CT molecular complexity index is 237. The molecule has 0 radical (unpaired) electrons. The van der Waals surface area contributed by atoms with Crippen LogP contribution in [0.2, 0.25) is 0 Å². The van der Waals surface area contributed by atoms with E-state index in [1.54, 1.807) is 0 Å². The number of nitrogens with one attached hydrogen (secondary N) is 1. The van der Waals surface area contributed by atoms with Crippen LogP contribution in [-0.4, -0.2) is 47.6 Å². The second-order valence-corrected chi connectivity index (χ2v) is 3.93. The monoisotopic (exact) mass is 214 g/mol. The van der Waals surface area contributed by atoms with Gasteiger partial charge in [-0.05, 0) is 32.9 Å². The molecule has 0 aromatic rings. The highest BCUT2D eigenvalue weighted by atomic mass is 16.4. The maximum absolute atomic E-state index is 11.3. The Labute approximate surface area is 89.4 Å². The third kappa shape index (κ3) is 4.29. The van der Waals surface area contributed by atoms with E-state index in [9.17, 15) is 9.59 Å². The Hall–Kier alpha value is -1.10. The molecule has 1 atom stereocenters. The van der Waals surface area contributed by atoms with Crippen LogP contribution in [0.5, 0.6) is 0 Å². The van der Waals surface area contributed by atoms with E-state index in [0.717, 1.165) is 19.6 Å². The van der Waals surface area contributed by atoms with Crippen molar-refractivity contribution in [1.82, 2.24) is 10.2 Å². The van der Waals surface area contributed by atoms with Crippen molar-refractivity contribution < 1.29 is 14.7 Å². The van der Waals surface area contributed by atoms with Crippen molar-refractivity contribution in [1.29, 1.82) is 0 Å². The molecule has 1 unspecified atom stereocenters. The van der Waals surface area contributed by atoms with Gasteiger partial charge in [-0.3, -0.25) is 9.59 Å². The van der Waals surface area contributed by atoms with E-state index < -0.39 is 12.0 Å². The van der Waals surface area contributed by atoms with Crippen LogP contribution in [0.25, 0.3) is 0 Å². The van der Waals surface area contributed by atoms with Crippen molar-refractivity contribution in [3.63, 3.8) is 0 Å². The van der Waals surface area contributed by atoms with Crippen LogP contribution in [0.3, 0.4) is 0 Å². The molecule has 86 valence electrons. The molecule has 15 heavy (non-hydrogen) atoms. The largest absolute Gasteiger partial charge is 0.480 e. The molecule has 1 amide bonds. The number of nitrogens with zero attached hydrogens (tertiary/aromatic N) is 1. The standard InChI is InChI=1S/C10H18N2O3/c1-8(10(14)15)11-9(13)4-7-12-5-2-3-6-12/h8H,2-7H2,1H3,(H,11,13)(H,14,15). The van der Waals surface area contributed by atoms with Crippen LogP contribution in [0, 0.1) is 0 Å². The van der Waals surface area contributed by atoms with E-state index in [2.05, 4.69) is 10.2 Å². The van der Waals surface area contributed by atoms with Gasteiger partial charge in [-0.15, -0.1) is 0 Å². The molecule has 0 saturated carbocycles. The SMILES string of the molecule is CC(NC(=O)CCN1CCCC1)C(=O)O. The van der Waals surface area contributed by atoms with Crippen LogP contribution in [-0.2, 0) is 9.59 Å². The highest BCUT2D eigenvalue weighted by Gasteiger charge is 2.16. The first-order chi connectivity index (χ1) is 7.09. The van der Waals surface area contributed by atoms with Gasteiger partial charge in [0.15, 0.2) is 0 Å². The van der Waals surface area contributed by atoms with Gasteiger partial charge >= 0.3 is 5.97 Å². The summed E-state index contributed by atoms with van der Waals surface area (Å²) in [5.41, 5.74) is 0. The topological polar surface area (TPSA) is 69.6 Å². The van der Waals surface area contributed by atoms with E-state index >= 15 is 0 Å². The van der Waals surface area contributed by atoms with Gasteiger partial charge in [-0.25, -0.2) is 0 Å². The normalized spacial score (nSPS) is 18.7. The molecule has 5 nitrogen and oxygen atoms in total. The van der Waals surface area contributed by atoms with Crippen LogP contribution in [0.15, 0.2) is 0 Å². The minimum Gasteiger partial charge on any atom is -0.480 e. The minimum atomic E-state index is -0.996. The second kappa shape index (κ2) is 5.70. The van der Waals surface area contributed by atoms with Crippen LogP contribution < -0.4 is 5.32 Å². The van der Waals surface area contributed by atoms with Crippen molar-refractivity contribution in [3.8, 4) is 0 Å². The van der Waals surface area contributed by atoms with Crippen molar-refractivity contribution in [2.45, 2.75) is 32.2 Å². The molecule has 1 saturated heterocycles. The molecule has 2 N–H and O–H groups in total. The highest BCUT2D eigenvalue weighted by Crippen LogP contribution is 2.07. The molecule has 0 aliphatic carbocycles. The van der Waals surface area contributed by atoms with Gasteiger partial charge in [0.2, 0.25) is 5.91 Å². The molecule has 1 fully saturated rings. The van der Waals surface area contributed by atoms with E-state index in [0.29, 0.717) is 6.42 Å². The minimum absolute atomic E-state index is 0.184. The number of aliphatic carboxylic acids is 1. The lowest BCUT2D eigenvalue weighted by molar-refractivity contribution is -0.141. The van der Waals surface area contributed by atoms with E-state index in [1.807, 2.05) is 0 Å². The number of rotatable bonds is 5. The number of carbonyl (C=O) groups is 2. The fourth-order valence-corrected chi connectivity index (χ4v) is 1.64. The number of hydrogen-bond donors (Lipinski definition) is 2. The second-order valence-electron chi connectivity index (χ2n) is 3.93. The summed E-state index contributed by atoms with van der Waals surface area (Å²) in [6, 6.07) is -0.795. The molecular formula is C10H18N2O3. The summed E-state index contributed by atoms with van der Waals surface area (Å²) < 4.78 is 0. The summed E-state index contributed by atoms with van der Waals surface area (Å²) >= 11 is 0. The molecule has 0 bridgehead atoms. The summed E-state index contributed by atoms with van der Waals surface area (Å²) in [5.74, 6) is -1.18. The number of hydrogen-bond acceptors (Lipinski definition) is 3. The van der Waals surface area contributed by atoms with Crippen LogP contribution in [0.4, 0.5) is 0 Å². The molecule has 1 aliphatic rings. The average Bonchev–Trinajstić information content (AvgIpc) is 2.66. The average molecular weight is 214 g/mol. The zero-order chi connectivity index (χ0) is 11.3. The van der Waals surface area contributed by atoms with E-state index in [4.69, 9.17) is 5.11 Å². The molecule has 0 aromatic heterocycles. The summed E-state index contributed by atoms with van der Waals surface area (Å²) in [6.45, 7) is 4.32. The quantitative estimate of drug-likeness (QED) is 0.679. The zero-order valence-electron chi connectivity index (χ0n) is 9.03. The summed E-state index contributed by atoms with van der Waals surface area (Å²) in [4.78, 5) is 24.0. The van der Waals surface area contributed by atoms with Crippen molar-refractivity contribution in [3.05, 3.63) is 0 Å². The molecule has 0 spiro atoms. The third-order valence-corrected chi connectivity index (χ3v) is 2.60. The smallest absolute Gasteiger partial charge is 0.325 e. The van der Waals surface area contributed by atoms with Gasteiger partial charge in [0, 0.05) is 13.0 Å². The Morgan fingerprint density at radius 3 is 2.53 bits per heavy atom. The number of likely N-dealkylation sites (tertiary alicyclic amines) is 1. The van der Waals surface area contributed by atoms with Crippen LogP contribution >= 0.6 is 0 Å². The molecule has 1 heterocycles. The first kappa shape index (κ1) is 12.0. The number of amides is 1. The summed E-state index contributed by atoms with van der Waals surface area (Å²) in [7, 11) is 0. The maximum Gasteiger partial charge on any atom is 0.325 e. The van der Waals surface area contributed by atoms with Crippen molar-refractivity contribution in [2.24, 2.45) is 0 Å². The van der Waals surface area contributed by atoms with Gasteiger partial charge < -0.3 is 15.3 Å². The molecule has 5 heteroatoms. The molecule has 1 rings (SSSR count). The molecular weight excluding hydrogens is 196 g/mol.